The van der Waals surface area contributed by atoms with E-state index in [9.17, 15) is 9.50 Å². The molecule has 2 aliphatic rings. The lowest BCUT2D eigenvalue weighted by Gasteiger charge is -2.22. The first kappa shape index (κ1) is 19.0. The average Bonchev–Trinajstić information content (AvgIpc) is 3.46. The van der Waals surface area contributed by atoms with Gasteiger partial charge in [-0.1, -0.05) is 43.2 Å². The van der Waals surface area contributed by atoms with Crippen LogP contribution in [0.25, 0.3) is 11.1 Å². The zero-order valence-electron chi connectivity index (χ0n) is 18.6. The lowest BCUT2D eigenvalue weighted by Crippen LogP contribution is -2.27. The molecule has 0 aromatic heterocycles. The second-order valence-corrected chi connectivity index (χ2v) is 8.55. The molecule has 31 heavy (non-hydrogen) atoms. The van der Waals surface area contributed by atoms with E-state index in [-0.39, 0.29) is 13.1 Å². The molecule has 1 atom stereocenters. The largest absolute Gasteiger partial charge is 0.489 e. The first-order valence-electron chi connectivity index (χ1n) is 11.6. The highest BCUT2D eigenvalue weighted by atomic mass is 19.1. The lowest BCUT2D eigenvalue weighted by molar-refractivity contribution is 0.202. The van der Waals surface area contributed by atoms with Gasteiger partial charge in [0, 0.05) is 26.0 Å². The maximum absolute atomic E-state index is 13.7. The summed E-state index contributed by atoms with van der Waals surface area (Å²) >= 11 is 0. The molecule has 0 amide bonds. The zero-order valence-corrected chi connectivity index (χ0v) is 17.6. The van der Waals surface area contributed by atoms with Crippen LogP contribution in [-0.4, -0.2) is 16.0 Å². The van der Waals surface area contributed by atoms with Gasteiger partial charge < -0.3 is 9.84 Å². The molecule has 0 radical (unpaired) electrons. The summed E-state index contributed by atoms with van der Waals surface area (Å²) in [6.45, 7) is 0.673. The minimum atomic E-state index is -0.395. The third-order valence-electron chi connectivity index (χ3n) is 6.45. The predicted molar refractivity (Wildman–Crippen MR) is 120 cm³/mol. The van der Waals surface area contributed by atoms with Crippen LogP contribution in [0, 0.1) is 5.82 Å². The Morgan fingerprint density at radius 1 is 1.00 bits per heavy atom. The number of nitrogens with zero attached hydrogens (tertiary/aromatic N) is 1. The second-order valence-electron chi connectivity index (χ2n) is 8.55. The minimum Gasteiger partial charge on any atom is -0.489 e. The van der Waals surface area contributed by atoms with Crippen molar-refractivity contribution in [3.05, 3.63) is 88.7 Å². The van der Waals surface area contributed by atoms with Crippen LogP contribution < -0.4 is 4.74 Å². The summed E-state index contributed by atoms with van der Waals surface area (Å²) in [6, 6.07) is 19.4. The van der Waals surface area contributed by atoms with Crippen molar-refractivity contribution >= 4 is 0 Å². The standard InChI is InChI=1S/C27H28FNO2/c28-27-11-9-21(13-24(27)17-30)20-5-3-4-19(12-20)18-31-26-10-8-22-15-29(16-23(22)14-26)25-6-1-2-7-25/h3-5,8-14,25,30H,1-2,6-7,15-18H2/i15D. The monoisotopic (exact) mass is 418 g/mol. The van der Waals surface area contributed by atoms with Crippen molar-refractivity contribution in [1.29, 1.82) is 0 Å². The number of hydrogen-bond acceptors (Lipinski definition) is 3. The summed E-state index contributed by atoms with van der Waals surface area (Å²) in [4.78, 5) is 2.33. The third-order valence-corrected chi connectivity index (χ3v) is 6.45. The van der Waals surface area contributed by atoms with Crippen LogP contribution in [0.1, 0.15) is 49.3 Å². The normalized spacial score (nSPS) is 19.4. The van der Waals surface area contributed by atoms with Gasteiger partial charge in [-0.15, -0.1) is 0 Å². The predicted octanol–water partition coefficient (Wildman–Crippen LogP) is 5.82. The van der Waals surface area contributed by atoms with Crippen LogP contribution in [-0.2, 0) is 26.3 Å². The fraction of sp³-hybridized carbons (Fsp3) is 0.333. The van der Waals surface area contributed by atoms with Crippen molar-refractivity contribution in [2.75, 3.05) is 0 Å². The van der Waals surface area contributed by atoms with Crippen LogP contribution in [0.2, 0.25) is 0 Å². The van der Waals surface area contributed by atoms with E-state index in [1.165, 1.54) is 37.3 Å². The van der Waals surface area contributed by atoms with Gasteiger partial charge in [0.15, 0.2) is 0 Å². The Balaban J connectivity index is 1.28. The number of halogens is 1. The molecule has 1 saturated carbocycles. The summed E-state index contributed by atoms with van der Waals surface area (Å²) in [7, 11) is 0. The fourth-order valence-electron chi connectivity index (χ4n) is 4.71. The molecular weight excluding hydrogens is 389 g/mol. The van der Waals surface area contributed by atoms with E-state index in [0.717, 1.165) is 34.5 Å². The Morgan fingerprint density at radius 3 is 2.68 bits per heavy atom. The van der Waals surface area contributed by atoms with Gasteiger partial charge in [-0.25, -0.2) is 4.39 Å². The molecule has 0 saturated heterocycles. The molecule has 3 aromatic rings. The van der Waals surface area contributed by atoms with E-state index in [1.807, 2.05) is 36.4 Å². The molecule has 3 aromatic carbocycles. The van der Waals surface area contributed by atoms with Gasteiger partial charge in [-0.2, -0.15) is 0 Å². The smallest absolute Gasteiger partial charge is 0.128 e. The van der Waals surface area contributed by atoms with Crippen LogP contribution in [0.5, 0.6) is 5.75 Å². The number of hydrogen-bond donors (Lipinski definition) is 1. The van der Waals surface area contributed by atoms with Crippen molar-refractivity contribution in [2.24, 2.45) is 0 Å². The number of fused-ring (bicyclic) bond motifs is 1. The SMILES string of the molecule is [2H]C1c2ccc(OCc3cccc(-c4ccc(F)c(CO)c4)c3)cc2CN1C1CCCC1. The molecular formula is C27H28FNO2. The summed E-state index contributed by atoms with van der Waals surface area (Å²) in [6.07, 6.45) is 4.96. The highest BCUT2D eigenvalue weighted by Gasteiger charge is 2.28. The minimum absolute atomic E-state index is 0.265. The summed E-state index contributed by atoms with van der Waals surface area (Å²) < 4.78 is 28.4. The topological polar surface area (TPSA) is 32.7 Å². The van der Waals surface area contributed by atoms with Gasteiger partial charge in [0.05, 0.1) is 6.61 Å². The summed E-state index contributed by atoms with van der Waals surface area (Å²) in [5, 5.41) is 9.34. The Labute approximate surface area is 184 Å². The molecule has 1 unspecified atom stereocenters. The molecule has 3 nitrogen and oxygen atoms in total. The highest BCUT2D eigenvalue weighted by molar-refractivity contribution is 5.65. The highest BCUT2D eigenvalue weighted by Crippen LogP contribution is 2.33. The third kappa shape index (κ3) is 4.36. The molecule has 1 aliphatic carbocycles. The fourth-order valence-corrected chi connectivity index (χ4v) is 4.71. The van der Waals surface area contributed by atoms with E-state index in [0.29, 0.717) is 18.2 Å². The van der Waals surface area contributed by atoms with Crippen molar-refractivity contribution < 1.29 is 15.6 Å². The Kier molecular flexibility index (Phi) is 5.41. The number of ether oxygens (including phenoxy) is 1. The van der Waals surface area contributed by atoms with Crippen LogP contribution in [0.4, 0.5) is 4.39 Å². The Hall–Kier alpha value is -2.69. The maximum atomic E-state index is 13.7. The molecule has 1 aliphatic heterocycles. The lowest BCUT2D eigenvalue weighted by atomic mass is 10.0. The molecule has 160 valence electrons. The van der Waals surface area contributed by atoms with Gasteiger partial charge in [0.1, 0.15) is 18.2 Å². The Bertz CT molecular complexity index is 1110. The van der Waals surface area contributed by atoms with Gasteiger partial charge in [0.2, 0.25) is 0 Å². The first-order valence-corrected chi connectivity index (χ1v) is 11.0. The second kappa shape index (κ2) is 8.81. The van der Waals surface area contributed by atoms with Gasteiger partial charge in [0.25, 0.3) is 0 Å². The van der Waals surface area contributed by atoms with Crippen molar-refractivity contribution in [3.63, 3.8) is 0 Å². The van der Waals surface area contributed by atoms with Gasteiger partial charge in [-0.05, 0) is 71.0 Å². The zero-order chi connectivity index (χ0) is 22.1. The molecule has 4 heteroatoms. The van der Waals surface area contributed by atoms with Crippen LogP contribution in [0.3, 0.4) is 0 Å². The first-order chi connectivity index (χ1) is 15.6. The molecule has 1 heterocycles. The van der Waals surface area contributed by atoms with Crippen molar-refractivity contribution in [3.8, 4) is 16.9 Å². The Morgan fingerprint density at radius 2 is 1.84 bits per heavy atom. The quantitative estimate of drug-likeness (QED) is 0.547. The molecule has 1 fully saturated rings. The van der Waals surface area contributed by atoms with Crippen LogP contribution in [0.15, 0.2) is 60.7 Å². The van der Waals surface area contributed by atoms with Crippen molar-refractivity contribution in [2.45, 2.75) is 58.0 Å². The van der Waals surface area contributed by atoms with Gasteiger partial charge >= 0.3 is 0 Å². The van der Waals surface area contributed by atoms with Crippen molar-refractivity contribution in [1.82, 2.24) is 4.90 Å². The number of benzene rings is 3. The number of rotatable bonds is 6. The molecule has 0 bridgehead atoms. The number of aliphatic hydroxyl groups is 1. The summed E-state index contributed by atoms with van der Waals surface area (Å²) in [5.74, 6) is 0.424. The van der Waals surface area contributed by atoms with E-state index < -0.39 is 5.82 Å². The molecule has 5 rings (SSSR count). The maximum Gasteiger partial charge on any atom is 0.128 e. The van der Waals surface area contributed by atoms with E-state index in [1.54, 1.807) is 12.1 Å². The summed E-state index contributed by atoms with van der Waals surface area (Å²) in [5.41, 5.74) is 5.43. The van der Waals surface area contributed by atoms with Gasteiger partial charge in [-0.3, -0.25) is 4.90 Å². The van der Waals surface area contributed by atoms with Crippen LogP contribution >= 0.6 is 0 Å². The van der Waals surface area contributed by atoms with E-state index in [4.69, 9.17) is 6.11 Å². The van der Waals surface area contributed by atoms with E-state index in [2.05, 4.69) is 11.0 Å². The van der Waals surface area contributed by atoms with E-state index >= 15 is 0 Å². The number of aliphatic hydroxyl groups excluding tert-OH is 1. The molecule has 0 spiro atoms. The average molecular weight is 419 g/mol. The molecule has 1 N–H and O–H groups in total.